The zero-order valence-corrected chi connectivity index (χ0v) is 10.9. The molecule has 0 fully saturated rings. The summed E-state index contributed by atoms with van der Waals surface area (Å²) in [6.07, 6.45) is 4.50. The van der Waals surface area contributed by atoms with Gasteiger partial charge in [-0.3, -0.25) is 4.79 Å². The second-order valence-corrected chi connectivity index (χ2v) is 5.46. The molecule has 0 aromatic rings. The van der Waals surface area contributed by atoms with E-state index in [1.807, 2.05) is 13.8 Å². The molecule has 1 unspecified atom stereocenters. The molecule has 2 nitrogen and oxygen atoms in total. The monoisotopic (exact) mass is 214 g/mol. The highest BCUT2D eigenvalue weighted by Gasteiger charge is 2.14. The van der Waals surface area contributed by atoms with Crippen molar-refractivity contribution in [2.45, 2.75) is 60.3 Å². The summed E-state index contributed by atoms with van der Waals surface area (Å²) >= 11 is 0. The Morgan fingerprint density at radius 2 is 1.87 bits per heavy atom. The van der Waals surface area contributed by atoms with Gasteiger partial charge in [0.15, 0.2) is 0 Å². The Balaban J connectivity index is 3.55. The Labute approximate surface area is 94.4 Å². The lowest BCUT2D eigenvalue weighted by atomic mass is 9.89. The van der Waals surface area contributed by atoms with Crippen molar-refractivity contribution in [3.63, 3.8) is 0 Å². The Hall–Kier alpha value is -0.530. The van der Waals surface area contributed by atoms with Gasteiger partial charge in [0, 0.05) is 0 Å². The molecule has 0 radical (unpaired) electrons. The maximum Gasteiger partial charge on any atom is 0.308 e. The van der Waals surface area contributed by atoms with Gasteiger partial charge < -0.3 is 4.74 Å². The molecule has 0 spiro atoms. The van der Waals surface area contributed by atoms with Crippen LogP contribution in [0.4, 0.5) is 0 Å². The molecule has 0 aromatic heterocycles. The quantitative estimate of drug-likeness (QED) is 0.496. The van der Waals surface area contributed by atoms with Crippen molar-refractivity contribution in [3.05, 3.63) is 0 Å². The van der Waals surface area contributed by atoms with Gasteiger partial charge in [0.25, 0.3) is 0 Å². The van der Waals surface area contributed by atoms with E-state index in [2.05, 4.69) is 20.8 Å². The molecule has 0 amide bonds. The highest BCUT2D eigenvalue weighted by molar-refractivity contribution is 5.71. The predicted molar refractivity (Wildman–Crippen MR) is 63.7 cm³/mol. The molecule has 0 rings (SSSR count). The number of carbonyl (C=O) groups is 1. The fourth-order valence-corrected chi connectivity index (χ4v) is 1.51. The topological polar surface area (TPSA) is 26.3 Å². The van der Waals surface area contributed by atoms with E-state index in [1.165, 1.54) is 12.8 Å². The summed E-state index contributed by atoms with van der Waals surface area (Å²) in [6.45, 7) is 11.1. The standard InChI is InChI=1S/C13H26O2/c1-6-15-12(14)11(2)9-7-8-10-13(3,4)5/h11H,6-10H2,1-5H3. The summed E-state index contributed by atoms with van der Waals surface area (Å²) in [5, 5.41) is 0. The van der Waals surface area contributed by atoms with Crippen LogP contribution in [0.5, 0.6) is 0 Å². The van der Waals surface area contributed by atoms with Crippen molar-refractivity contribution in [1.29, 1.82) is 0 Å². The predicted octanol–water partition coefficient (Wildman–Crippen LogP) is 3.79. The minimum atomic E-state index is -0.0479. The van der Waals surface area contributed by atoms with Gasteiger partial charge in [0.2, 0.25) is 0 Å². The molecule has 0 N–H and O–H groups in total. The second kappa shape index (κ2) is 6.86. The molecule has 0 bridgehead atoms. The lowest BCUT2D eigenvalue weighted by Crippen LogP contribution is -2.14. The van der Waals surface area contributed by atoms with Crippen LogP contribution in [0.25, 0.3) is 0 Å². The fourth-order valence-electron chi connectivity index (χ4n) is 1.51. The first-order chi connectivity index (χ1) is 6.87. The van der Waals surface area contributed by atoms with Crippen LogP contribution in [0.3, 0.4) is 0 Å². The summed E-state index contributed by atoms with van der Waals surface area (Å²) in [4.78, 5) is 11.3. The molecule has 90 valence electrons. The van der Waals surface area contributed by atoms with Gasteiger partial charge in [0.1, 0.15) is 0 Å². The van der Waals surface area contributed by atoms with Crippen LogP contribution < -0.4 is 0 Å². The summed E-state index contributed by atoms with van der Waals surface area (Å²) in [5.74, 6) is 0.0122. The van der Waals surface area contributed by atoms with Crippen LogP contribution in [-0.2, 0) is 9.53 Å². The average Bonchev–Trinajstić information content (AvgIpc) is 2.11. The summed E-state index contributed by atoms with van der Waals surface area (Å²) in [6, 6.07) is 0. The Bertz CT molecular complexity index is 179. The van der Waals surface area contributed by atoms with E-state index < -0.39 is 0 Å². The molecule has 0 aliphatic rings. The molecule has 0 aromatic carbocycles. The van der Waals surface area contributed by atoms with Gasteiger partial charge in [-0.05, 0) is 25.2 Å². The first kappa shape index (κ1) is 14.5. The zero-order chi connectivity index (χ0) is 11.9. The number of hydrogen-bond acceptors (Lipinski definition) is 2. The van der Waals surface area contributed by atoms with E-state index in [9.17, 15) is 4.79 Å². The molecular weight excluding hydrogens is 188 g/mol. The van der Waals surface area contributed by atoms with Crippen molar-refractivity contribution in [2.24, 2.45) is 11.3 Å². The number of ether oxygens (including phenoxy) is 1. The lowest BCUT2D eigenvalue weighted by molar-refractivity contribution is -0.147. The molecule has 0 heterocycles. The SMILES string of the molecule is CCOC(=O)C(C)CCCCC(C)(C)C. The maximum atomic E-state index is 11.3. The van der Waals surface area contributed by atoms with Gasteiger partial charge in [-0.1, -0.05) is 40.5 Å². The van der Waals surface area contributed by atoms with Crippen LogP contribution >= 0.6 is 0 Å². The number of carbonyl (C=O) groups excluding carboxylic acids is 1. The van der Waals surface area contributed by atoms with Crippen LogP contribution in [0.15, 0.2) is 0 Å². The minimum absolute atomic E-state index is 0.0479. The second-order valence-electron chi connectivity index (χ2n) is 5.46. The van der Waals surface area contributed by atoms with E-state index in [1.54, 1.807) is 0 Å². The van der Waals surface area contributed by atoms with E-state index in [4.69, 9.17) is 4.74 Å². The van der Waals surface area contributed by atoms with Crippen molar-refractivity contribution in [3.8, 4) is 0 Å². The Morgan fingerprint density at radius 1 is 1.27 bits per heavy atom. The van der Waals surface area contributed by atoms with Gasteiger partial charge in [-0.25, -0.2) is 0 Å². The number of rotatable bonds is 6. The number of hydrogen-bond donors (Lipinski definition) is 0. The van der Waals surface area contributed by atoms with E-state index in [0.717, 1.165) is 12.8 Å². The van der Waals surface area contributed by atoms with Gasteiger partial charge >= 0.3 is 5.97 Å². The summed E-state index contributed by atoms with van der Waals surface area (Å²) in [5.41, 5.74) is 0.410. The summed E-state index contributed by atoms with van der Waals surface area (Å²) in [7, 11) is 0. The van der Waals surface area contributed by atoms with Crippen LogP contribution in [0, 0.1) is 11.3 Å². The first-order valence-electron chi connectivity index (χ1n) is 6.03. The molecular formula is C13H26O2. The van der Waals surface area contributed by atoms with Crippen molar-refractivity contribution >= 4 is 5.97 Å². The van der Waals surface area contributed by atoms with Crippen molar-refractivity contribution in [1.82, 2.24) is 0 Å². The molecule has 15 heavy (non-hydrogen) atoms. The Kier molecular flexibility index (Phi) is 6.62. The largest absolute Gasteiger partial charge is 0.466 e. The number of unbranched alkanes of at least 4 members (excludes halogenated alkanes) is 1. The zero-order valence-electron chi connectivity index (χ0n) is 10.9. The van der Waals surface area contributed by atoms with Crippen LogP contribution in [0.1, 0.15) is 60.3 Å². The molecule has 1 atom stereocenters. The van der Waals surface area contributed by atoms with Crippen molar-refractivity contribution in [2.75, 3.05) is 6.61 Å². The highest BCUT2D eigenvalue weighted by atomic mass is 16.5. The first-order valence-corrected chi connectivity index (χ1v) is 6.03. The third-order valence-electron chi connectivity index (χ3n) is 2.50. The van der Waals surface area contributed by atoms with E-state index in [-0.39, 0.29) is 11.9 Å². The smallest absolute Gasteiger partial charge is 0.308 e. The third kappa shape index (κ3) is 8.46. The summed E-state index contributed by atoms with van der Waals surface area (Å²) < 4.78 is 4.96. The Morgan fingerprint density at radius 3 is 2.33 bits per heavy atom. The fraction of sp³-hybridized carbons (Fsp3) is 0.923. The van der Waals surface area contributed by atoms with Gasteiger partial charge in [0.05, 0.1) is 12.5 Å². The van der Waals surface area contributed by atoms with Crippen molar-refractivity contribution < 1.29 is 9.53 Å². The number of esters is 1. The molecule has 0 aliphatic carbocycles. The van der Waals surface area contributed by atoms with Crippen LogP contribution in [-0.4, -0.2) is 12.6 Å². The van der Waals surface area contributed by atoms with Crippen LogP contribution in [0.2, 0.25) is 0 Å². The molecule has 0 saturated carbocycles. The lowest BCUT2D eigenvalue weighted by Gasteiger charge is -2.18. The molecule has 2 heteroatoms. The van der Waals surface area contributed by atoms with E-state index >= 15 is 0 Å². The third-order valence-corrected chi connectivity index (χ3v) is 2.50. The molecule has 0 saturated heterocycles. The highest BCUT2D eigenvalue weighted by Crippen LogP contribution is 2.23. The van der Waals surface area contributed by atoms with Gasteiger partial charge in [-0.15, -0.1) is 0 Å². The molecule has 0 aliphatic heterocycles. The maximum absolute atomic E-state index is 11.3. The van der Waals surface area contributed by atoms with Gasteiger partial charge in [-0.2, -0.15) is 0 Å². The minimum Gasteiger partial charge on any atom is -0.466 e. The average molecular weight is 214 g/mol. The normalized spacial score (nSPS) is 13.7. The van der Waals surface area contributed by atoms with E-state index in [0.29, 0.717) is 12.0 Å².